The van der Waals surface area contributed by atoms with Gasteiger partial charge in [-0.3, -0.25) is 0 Å². The van der Waals surface area contributed by atoms with Gasteiger partial charge in [0.25, 0.3) is 0 Å². The topological polar surface area (TPSA) is 15.3 Å². The first kappa shape index (κ1) is 13.2. The predicted molar refractivity (Wildman–Crippen MR) is 65.7 cm³/mol. The fourth-order valence-corrected chi connectivity index (χ4v) is 2.23. The quantitative estimate of drug-likeness (QED) is 0.896. The number of hydrogen-bond donors (Lipinski definition) is 1. The van der Waals surface area contributed by atoms with Crippen LogP contribution in [0.25, 0.3) is 0 Å². The Bertz CT molecular complexity index is 390. The zero-order chi connectivity index (χ0) is 13.0. The van der Waals surface area contributed by atoms with E-state index in [1.54, 1.807) is 0 Å². The highest BCUT2D eigenvalue weighted by molar-refractivity contribution is 5.54. The van der Waals surface area contributed by atoms with Crippen LogP contribution in [0.1, 0.15) is 18.4 Å². The van der Waals surface area contributed by atoms with Gasteiger partial charge in [0.05, 0.1) is 0 Å². The number of benzene rings is 1. The van der Waals surface area contributed by atoms with Gasteiger partial charge in [0.2, 0.25) is 0 Å². The SMILES string of the molecule is FC(F)(F)CCCN1CCNCc2ccccc21. The molecule has 18 heavy (non-hydrogen) atoms. The third kappa shape index (κ3) is 3.63. The van der Waals surface area contributed by atoms with Crippen LogP contribution in [0.15, 0.2) is 24.3 Å². The van der Waals surface area contributed by atoms with Crippen molar-refractivity contribution in [3.05, 3.63) is 29.8 Å². The van der Waals surface area contributed by atoms with Gasteiger partial charge in [0.1, 0.15) is 0 Å². The Hall–Kier alpha value is -1.23. The summed E-state index contributed by atoms with van der Waals surface area (Å²) in [5, 5.41) is 3.28. The lowest BCUT2D eigenvalue weighted by atomic mass is 10.1. The molecule has 0 saturated heterocycles. The standard InChI is InChI=1S/C13H17F3N2/c14-13(15,16)6-3-8-18-9-7-17-10-11-4-1-2-5-12(11)18/h1-2,4-5,17H,3,6-10H2. The van der Waals surface area contributed by atoms with E-state index in [0.717, 1.165) is 30.9 Å². The van der Waals surface area contributed by atoms with Crippen LogP contribution in [0.4, 0.5) is 18.9 Å². The minimum Gasteiger partial charge on any atom is -0.370 e. The van der Waals surface area contributed by atoms with Gasteiger partial charge in [-0.1, -0.05) is 18.2 Å². The van der Waals surface area contributed by atoms with Crippen LogP contribution in [0, 0.1) is 0 Å². The van der Waals surface area contributed by atoms with E-state index in [1.807, 2.05) is 29.2 Å². The number of halogens is 3. The number of hydrogen-bond acceptors (Lipinski definition) is 2. The number of alkyl halides is 3. The molecule has 0 unspecified atom stereocenters. The third-order valence-corrected chi connectivity index (χ3v) is 3.09. The van der Waals surface area contributed by atoms with E-state index in [9.17, 15) is 13.2 Å². The normalized spacial score (nSPS) is 16.3. The lowest BCUT2D eigenvalue weighted by molar-refractivity contribution is -0.135. The Morgan fingerprint density at radius 1 is 1.22 bits per heavy atom. The monoisotopic (exact) mass is 258 g/mol. The second-order valence-electron chi connectivity index (χ2n) is 4.51. The summed E-state index contributed by atoms with van der Waals surface area (Å²) in [5.41, 5.74) is 2.21. The minimum absolute atomic E-state index is 0.151. The first-order chi connectivity index (χ1) is 8.56. The molecular weight excluding hydrogens is 241 g/mol. The van der Waals surface area contributed by atoms with Crippen molar-refractivity contribution in [3.63, 3.8) is 0 Å². The van der Waals surface area contributed by atoms with Gasteiger partial charge in [-0.05, 0) is 18.1 Å². The van der Waals surface area contributed by atoms with Crippen molar-refractivity contribution >= 4 is 5.69 Å². The largest absolute Gasteiger partial charge is 0.389 e. The van der Waals surface area contributed by atoms with Gasteiger partial charge in [0.15, 0.2) is 0 Å². The van der Waals surface area contributed by atoms with Gasteiger partial charge in [-0.2, -0.15) is 13.2 Å². The van der Waals surface area contributed by atoms with Crippen LogP contribution in [-0.2, 0) is 6.54 Å². The van der Waals surface area contributed by atoms with E-state index >= 15 is 0 Å². The molecule has 5 heteroatoms. The van der Waals surface area contributed by atoms with Crippen LogP contribution < -0.4 is 10.2 Å². The van der Waals surface area contributed by atoms with Gasteiger partial charge in [-0.25, -0.2) is 0 Å². The second-order valence-corrected chi connectivity index (χ2v) is 4.51. The molecule has 0 atom stereocenters. The first-order valence-electron chi connectivity index (χ1n) is 6.16. The molecule has 1 aromatic rings. The van der Waals surface area contributed by atoms with Gasteiger partial charge in [0, 0.05) is 38.3 Å². The fraction of sp³-hybridized carbons (Fsp3) is 0.538. The Morgan fingerprint density at radius 2 is 2.00 bits per heavy atom. The molecule has 0 saturated carbocycles. The zero-order valence-corrected chi connectivity index (χ0v) is 10.1. The van der Waals surface area contributed by atoms with Gasteiger partial charge < -0.3 is 10.2 Å². The van der Waals surface area contributed by atoms with Crippen molar-refractivity contribution in [3.8, 4) is 0 Å². The Labute approximate surface area is 105 Å². The molecule has 0 fully saturated rings. The van der Waals surface area contributed by atoms with E-state index in [4.69, 9.17) is 0 Å². The van der Waals surface area contributed by atoms with Crippen molar-refractivity contribution in [1.29, 1.82) is 0 Å². The maximum Gasteiger partial charge on any atom is 0.389 e. The first-order valence-corrected chi connectivity index (χ1v) is 6.16. The molecule has 2 rings (SSSR count). The summed E-state index contributed by atoms with van der Waals surface area (Å²) in [6, 6.07) is 7.89. The lowest BCUT2D eigenvalue weighted by Crippen LogP contribution is -2.30. The van der Waals surface area contributed by atoms with Crippen molar-refractivity contribution in [1.82, 2.24) is 5.32 Å². The summed E-state index contributed by atoms with van der Waals surface area (Å²) in [4.78, 5) is 2.04. The second kappa shape index (κ2) is 5.61. The highest BCUT2D eigenvalue weighted by Crippen LogP contribution is 2.25. The van der Waals surface area contributed by atoms with Gasteiger partial charge in [-0.15, -0.1) is 0 Å². The van der Waals surface area contributed by atoms with E-state index in [1.165, 1.54) is 0 Å². The molecule has 1 N–H and O–H groups in total. The molecule has 0 amide bonds. The fourth-order valence-electron chi connectivity index (χ4n) is 2.23. The number of fused-ring (bicyclic) bond motifs is 1. The number of para-hydroxylation sites is 1. The van der Waals surface area contributed by atoms with E-state index in [0.29, 0.717) is 6.54 Å². The molecule has 1 heterocycles. The third-order valence-electron chi connectivity index (χ3n) is 3.09. The van der Waals surface area contributed by atoms with Crippen LogP contribution in [0.3, 0.4) is 0 Å². The summed E-state index contributed by atoms with van der Waals surface area (Å²) < 4.78 is 36.5. The molecule has 1 aliphatic heterocycles. The zero-order valence-electron chi connectivity index (χ0n) is 10.1. The molecule has 0 bridgehead atoms. The molecule has 0 spiro atoms. The van der Waals surface area contributed by atoms with Crippen LogP contribution >= 0.6 is 0 Å². The summed E-state index contributed by atoms with van der Waals surface area (Å²) >= 11 is 0. The highest BCUT2D eigenvalue weighted by Gasteiger charge is 2.26. The van der Waals surface area contributed by atoms with E-state index < -0.39 is 12.6 Å². The number of anilines is 1. The van der Waals surface area contributed by atoms with Crippen LogP contribution in [0.2, 0.25) is 0 Å². The smallest absolute Gasteiger partial charge is 0.370 e. The van der Waals surface area contributed by atoms with E-state index in [-0.39, 0.29) is 6.42 Å². The van der Waals surface area contributed by atoms with Crippen molar-refractivity contribution in [2.24, 2.45) is 0 Å². The van der Waals surface area contributed by atoms with Crippen molar-refractivity contribution in [2.45, 2.75) is 25.6 Å². The average molecular weight is 258 g/mol. The number of rotatable bonds is 3. The van der Waals surface area contributed by atoms with Crippen LogP contribution in [-0.4, -0.2) is 25.8 Å². The summed E-state index contributed by atoms with van der Waals surface area (Å²) in [6.07, 6.45) is -4.61. The van der Waals surface area contributed by atoms with Crippen molar-refractivity contribution < 1.29 is 13.2 Å². The predicted octanol–water partition coefficient (Wildman–Crippen LogP) is 2.94. The van der Waals surface area contributed by atoms with Gasteiger partial charge >= 0.3 is 6.18 Å². The highest BCUT2D eigenvalue weighted by atomic mass is 19.4. The average Bonchev–Trinajstić information content (AvgIpc) is 2.51. The number of nitrogens with one attached hydrogen (secondary N) is 1. The molecule has 1 aromatic carbocycles. The Morgan fingerprint density at radius 3 is 2.78 bits per heavy atom. The minimum atomic E-state index is -4.05. The molecular formula is C13H17F3N2. The lowest BCUT2D eigenvalue weighted by Gasteiger charge is -2.24. The number of nitrogens with zero attached hydrogens (tertiary/aromatic N) is 1. The maximum atomic E-state index is 12.2. The molecule has 0 aliphatic carbocycles. The maximum absolute atomic E-state index is 12.2. The van der Waals surface area contributed by atoms with Crippen molar-refractivity contribution in [2.75, 3.05) is 24.5 Å². The summed E-state index contributed by atoms with van der Waals surface area (Å²) in [5.74, 6) is 0. The molecule has 1 aliphatic rings. The molecule has 0 radical (unpaired) electrons. The molecule has 100 valence electrons. The Kier molecular flexibility index (Phi) is 4.11. The Balaban J connectivity index is 2.00. The molecule has 0 aromatic heterocycles. The molecule has 2 nitrogen and oxygen atoms in total. The van der Waals surface area contributed by atoms with E-state index in [2.05, 4.69) is 5.32 Å². The summed E-state index contributed by atoms with van der Waals surface area (Å²) in [7, 11) is 0. The van der Waals surface area contributed by atoms with Crippen LogP contribution in [0.5, 0.6) is 0 Å². The summed E-state index contributed by atoms with van der Waals surface area (Å²) in [6.45, 7) is 2.81.